The van der Waals surface area contributed by atoms with Gasteiger partial charge in [-0.25, -0.2) is 0 Å². The van der Waals surface area contributed by atoms with Gasteiger partial charge < -0.3 is 16.0 Å². The van der Waals surface area contributed by atoms with E-state index in [1.165, 1.54) is 9.75 Å². The van der Waals surface area contributed by atoms with E-state index < -0.39 is 0 Å². The normalized spacial score (nSPS) is 18.7. The van der Waals surface area contributed by atoms with Gasteiger partial charge in [0, 0.05) is 36.3 Å². The molecule has 0 radical (unpaired) electrons. The Kier molecular flexibility index (Phi) is 8.16. The third-order valence-electron chi connectivity index (χ3n) is 3.74. The molecule has 1 aliphatic heterocycles. The van der Waals surface area contributed by atoms with E-state index in [0.29, 0.717) is 12.3 Å². The Hall–Kier alpha value is -0.830. The Balaban J connectivity index is 0.00000242. The first-order valence-corrected chi connectivity index (χ1v) is 8.19. The second kappa shape index (κ2) is 9.34. The number of rotatable bonds is 4. The molecule has 0 spiro atoms. The van der Waals surface area contributed by atoms with E-state index in [0.717, 1.165) is 38.4 Å². The number of nitrogens with zero attached hydrogens (tertiary/aromatic N) is 2. The molecule has 22 heavy (non-hydrogen) atoms. The summed E-state index contributed by atoms with van der Waals surface area (Å²) in [5.41, 5.74) is 5.31. The van der Waals surface area contributed by atoms with Gasteiger partial charge in [-0.3, -0.25) is 9.79 Å². The van der Waals surface area contributed by atoms with Crippen molar-refractivity contribution in [1.29, 1.82) is 0 Å². The molecule has 1 aromatic heterocycles. The summed E-state index contributed by atoms with van der Waals surface area (Å²) < 4.78 is 0. The van der Waals surface area contributed by atoms with Gasteiger partial charge in [0.1, 0.15) is 0 Å². The minimum absolute atomic E-state index is 0. The molecule has 5 nitrogen and oxygen atoms in total. The number of aryl methyl sites for hydroxylation is 1. The second-order valence-electron chi connectivity index (χ2n) is 5.54. The molecular formula is C15H25IN4OS. The predicted octanol–water partition coefficient (Wildman–Crippen LogP) is 2.34. The second-order valence-corrected chi connectivity index (χ2v) is 6.91. The van der Waals surface area contributed by atoms with E-state index in [-0.39, 0.29) is 29.9 Å². The largest absolute Gasteiger partial charge is 0.370 e. The first-order chi connectivity index (χ1) is 10.1. The highest BCUT2D eigenvalue weighted by molar-refractivity contribution is 14.0. The Morgan fingerprint density at radius 3 is 2.91 bits per heavy atom. The summed E-state index contributed by atoms with van der Waals surface area (Å²) in [5.74, 6) is 1.05. The van der Waals surface area contributed by atoms with Crippen molar-refractivity contribution in [2.24, 2.45) is 16.6 Å². The van der Waals surface area contributed by atoms with Crippen molar-refractivity contribution in [2.75, 3.05) is 20.1 Å². The molecule has 3 N–H and O–H groups in total. The third kappa shape index (κ3) is 5.75. The highest BCUT2D eigenvalue weighted by Crippen LogP contribution is 2.20. The molecule has 0 bridgehead atoms. The SMILES string of the molecule is CN=C(NCc1ccc(C)s1)N1CCCC(CC(N)=O)C1.I. The van der Waals surface area contributed by atoms with Crippen molar-refractivity contribution in [3.8, 4) is 0 Å². The Labute approximate surface area is 153 Å². The molecular weight excluding hydrogens is 411 g/mol. The number of hydrogen-bond donors (Lipinski definition) is 2. The summed E-state index contributed by atoms with van der Waals surface area (Å²) >= 11 is 1.80. The molecule has 0 saturated carbocycles. The standard InChI is InChI=1S/C15H24N4OS.HI/c1-11-5-6-13(21-11)9-18-15(17-2)19-7-3-4-12(10-19)8-14(16)20;/h5-6,12H,3-4,7-10H2,1-2H3,(H2,16,20)(H,17,18);1H. The lowest BCUT2D eigenvalue weighted by Gasteiger charge is -2.34. The first kappa shape index (κ1) is 19.2. The van der Waals surface area contributed by atoms with Gasteiger partial charge in [0.2, 0.25) is 5.91 Å². The number of piperidine rings is 1. The van der Waals surface area contributed by atoms with Crippen molar-refractivity contribution < 1.29 is 4.79 Å². The zero-order valence-corrected chi connectivity index (χ0v) is 16.3. The number of thiophene rings is 1. The highest BCUT2D eigenvalue weighted by Gasteiger charge is 2.23. The van der Waals surface area contributed by atoms with Crippen molar-refractivity contribution in [1.82, 2.24) is 10.2 Å². The first-order valence-electron chi connectivity index (χ1n) is 7.37. The number of likely N-dealkylation sites (tertiary alicyclic amines) is 1. The molecule has 1 unspecified atom stereocenters. The van der Waals surface area contributed by atoms with E-state index in [4.69, 9.17) is 5.73 Å². The molecule has 1 saturated heterocycles. The monoisotopic (exact) mass is 436 g/mol. The topological polar surface area (TPSA) is 70.7 Å². The van der Waals surface area contributed by atoms with Crippen molar-refractivity contribution >= 4 is 47.2 Å². The lowest BCUT2D eigenvalue weighted by Crippen LogP contribution is -2.46. The number of halogens is 1. The Bertz CT molecular complexity index is 517. The van der Waals surface area contributed by atoms with Gasteiger partial charge in [0.05, 0.1) is 6.54 Å². The molecule has 0 aliphatic carbocycles. The number of aliphatic imine (C=N–C) groups is 1. The maximum Gasteiger partial charge on any atom is 0.217 e. The van der Waals surface area contributed by atoms with Crippen LogP contribution in [0.4, 0.5) is 0 Å². The van der Waals surface area contributed by atoms with Crippen LogP contribution in [0.5, 0.6) is 0 Å². The number of nitrogens with two attached hydrogens (primary N) is 1. The number of primary amides is 1. The molecule has 1 atom stereocenters. The third-order valence-corrected chi connectivity index (χ3v) is 4.74. The van der Waals surface area contributed by atoms with E-state index in [2.05, 4.69) is 34.3 Å². The maximum absolute atomic E-state index is 11.1. The van der Waals surface area contributed by atoms with Crippen LogP contribution in [0.15, 0.2) is 17.1 Å². The fourth-order valence-electron chi connectivity index (χ4n) is 2.79. The van der Waals surface area contributed by atoms with Crippen LogP contribution < -0.4 is 11.1 Å². The lowest BCUT2D eigenvalue weighted by molar-refractivity contribution is -0.119. The summed E-state index contributed by atoms with van der Waals surface area (Å²) in [6, 6.07) is 4.28. The quantitative estimate of drug-likeness (QED) is 0.433. The van der Waals surface area contributed by atoms with Crippen LogP contribution in [0.3, 0.4) is 0 Å². The summed E-state index contributed by atoms with van der Waals surface area (Å²) in [6.45, 7) is 4.74. The molecule has 1 aromatic rings. The van der Waals surface area contributed by atoms with Crippen LogP contribution in [0.25, 0.3) is 0 Å². The van der Waals surface area contributed by atoms with Crippen LogP contribution in [-0.2, 0) is 11.3 Å². The molecule has 1 aliphatic rings. The van der Waals surface area contributed by atoms with Gasteiger partial charge in [0.25, 0.3) is 0 Å². The Morgan fingerprint density at radius 2 is 2.32 bits per heavy atom. The number of carbonyl (C=O) groups is 1. The summed E-state index contributed by atoms with van der Waals surface area (Å²) in [7, 11) is 1.81. The minimum Gasteiger partial charge on any atom is -0.370 e. The fourth-order valence-corrected chi connectivity index (χ4v) is 3.62. The van der Waals surface area contributed by atoms with Crippen LogP contribution >= 0.6 is 35.3 Å². The van der Waals surface area contributed by atoms with E-state index in [1.54, 1.807) is 18.4 Å². The molecule has 0 aromatic carbocycles. The van der Waals surface area contributed by atoms with Crippen LogP contribution in [-0.4, -0.2) is 36.9 Å². The van der Waals surface area contributed by atoms with Crippen molar-refractivity contribution in [3.05, 3.63) is 21.9 Å². The molecule has 7 heteroatoms. The average Bonchev–Trinajstić information content (AvgIpc) is 2.85. The number of guanidine groups is 1. The van der Waals surface area contributed by atoms with Gasteiger partial charge in [-0.1, -0.05) is 0 Å². The zero-order chi connectivity index (χ0) is 15.2. The number of nitrogens with one attached hydrogen (secondary N) is 1. The lowest BCUT2D eigenvalue weighted by atomic mass is 9.95. The smallest absolute Gasteiger partial charge is 0.217 e. The average molecular weight is 436 g/mol. The van der Waals surface area contributed by atoms with E-state index >= 15 is 0 Å². The Morgan fingerprint density at radius 1 is 1.55 bits per heavy atom. The zero-order valence-electron chi connectivity index (χ0n) is 13.2. The van der Waals surface area contributed by atoms with Crippen molar-refractivity contribution in [3.63, 3.8) is 0 Å². The molecule has 1 amide bonds. The van der Waals surface area contributed by atoms with Crippen LogP contribution in [0.1, 0.15) is 29.0 Å². The van der Waals surface area contributed by atoms with Crippen LogP contribution in [0.2, 0.25) is 0 Å². The van der Waals surface area contributed by atoms with Gasteiger partial charge in [-0.15, -0.1) is 35.3 Å². The predicted molar refractivity (Wildman–Crippen MR) is 103 cm³/mol. The number of amides is 1. The highest BCUT2D eigenvalue weighted by atomic mass is 127. The molecule has 1 fully saturated rings. The van der Waals surface area contributed by atoms with E-state index in [1.807, 2.05) is 0 Å². The van der Waals surface area contributed by atoms with Gasteiger partial charge in [0.15, 0.2) is 5.96 Å². The molecule has 2 rings (SSSR count). The van der Waals surface area contributed by atoms with Gasteiger partial charge >= 0.3 is 0 Å². The van der Waals surface area contributed by atoms with Crippen molar-refractivity contribution in [2.45, 2.75) is 32.7 Å². The number of carbonyl (C=O) groups excluding carboxylic acids is 1. The fraction of sp³-hybridized carbons (Fsp3) is 0.600. The van der Waals surface area contributed by atoms with Crippen LogP contribution in [0, 0.1) is 12.8 Å². The summed E-state index contributed by atoms with van der Waals surface area (Å²) in [6.07, 6.45) is 2.62. The maximum atomic E-state index is 11.1. The van der Waals surface area contributed by atoms with Gasteiger partial charge in [-0.2, -0.15) is 0 Å². The summed E-state index contributed by atoms with van der Waals surface area (Å²) in [5, 5.41) is 3.41. The molecule has 124 valence electrons. The number of hydrogen-bond acceptors (Lipinski definition) is 3. The summed E-state index contributed by atoms with van der Waals surface area (Å²) in [4.78, 5) is 20.3. The minimum atomic E-state index is -0.209. The van der Waals surface area contributed by atoms with E-state index in [9.17, 15) is 4.79 Å². The molecule has 2 heterocycles. The van der Waals surface area contributed by atoms with Gasteiger partial charge in [-0.05, 0) is 37.8 Å².